The average molecular weight is 455 g/mol. The molecular weight excluding hydrogens is 422 g/mol. The van der Waals surface area contributed by atoms with E-state index in [1.165, 1.54) is 12.1 Å². The Balaban J connectivity index is 1.17. The number of halogens is 2. The van der Waals surface area contributed by atoms with Crippen LogP contribution in [0.4, 0.5) is 19.3 Å². The predicted octanol–water partition coefficient (Wildman–Crippen LogP) is 4.96. The summed E-state index contributed by atoms with van der Waals surface area (Å²) >= 11 is 0. The van der Waals surface area contributed by atoms with Crippen molar-refractivity contribution in [1.29, 1.82) is 0 Å². The van der Waals surface area contributed by atoms with E-state index in [-0.39, 0.29) is 22.7 Å². The number of nitrogens with zero attached hydrogens (tertiary/aromatic N) is 4. The molecule has 0 bridgehead atoms. The highest BCUT2D eigenvalue weighted by Crippen LogP contribution is 2.43. The van der Waals surface area contributed by atoms with Gasteiger partial charge in [-0.2, -0.15) is 0 Å². The largest absolute Gasteiger partial charge is 0.324 e. The summed E-state index contributed by atoms with van der Waals surface area (Å²) in [5.74, 6) is -0.734. The number of piperidine rings is 2. The van der Waals surface area contributed by atoms with Gasteiger partial charge in [-0.25, -0.2) is 13.6 Å². The molecule has 3 aliphatic heterocycles. The van der Waals surface area contributed by atoms with Crippen molar-refractivity contribution < 1.29 is 13.6 Å². The van der Waals surface area contributed by atoms with Crippen molar-refractivity contribution in [2.24, 2.45) is 5.41 Å². The van der Waals surface area contributed by atoms with E-state index in [4.69, 9.17) is 0 Å². The maximum Gasteiger partial charge on any atom is 0.324 e. The molecule has 5 nitrogen and oxygen atoms in total. The van der Waals surface area contributed by atoms with E-state index in [9.17, 15) is 13.6 Å². The van der Waals surface area contributed by atoms with Gasteiger partial charge in [0.2, 0.25) is 0 Å². The molecule has 33 heavy (non-hydrogen) atoms. The number of aromatic nitrogens is 1. The number of carbonyl (C=O) groups is 1. The van der Waals surface area contributed by atoms with Crippen molar-refractivity contribution in [3.63, 3.8) is 0 Å². The average Bonchev–Trinajstić information content (AvgIpc) is 3.09. The molecule has 0 saturated carbocycles. The topological polar surface area (TPSA) is 39.7 Å². The van der Waals surface area contributed by atoms with Gasteiger partial charge in [0.05, 0.1) is 11.4 Å². The predicted molar refractivity (Wildman–Crippen MR) is 124 cm³/mol. The monoisotopic (exact) mass is 454 g/mol. The molecule has 4 heterocycles. The molecule has 0 unspecified atom stereocenters. The summed E-state index contributed by atoms with van der Waals surface area (Å²) in [5.41, 5.74) is 2.46. The molecule has 0 N–H and O–H groups in total. The lowest BCUT2D eigenvalue weighted by atomic mass is 9.71. The maximum absolute atomic E-state index is 14.0. The standard InChI is InChI=1S/C26H32F2N4O/c1-25(2)18-32(22-4-3-11-29-23(22)25)24(33)31-14-9-26(10-15-31)7-12-30(13-8-26)17-19-16-20(27)5-6-21(19)28/h3-6,11,16H,7-10,12-15,17-18H2,1-2H3. The second-order valence-corrected chi connectivity index (χ2v) is 10.6. The molecule has 5 rings (SSSR count). The lowest BCUT2D eigenvalue weighted by molar-refractivity contribution is 0.0430. The van der Waals surface area contributed by atoms with Crippen LogP contribution >= 0.6 is 0 Å². The van der Waals surface area contributed by atoms with Crippen LogP contribution in [-0.2, 0) is 12.0 Å². The van der Waals surface area contributed by atoms with Crippen LogP contribution in [0.5, 0.6) is 0 Å². The lowest BCUT2D eigenvalue weighted by Crippen LogP contribution is -2.51. The van der Waals surface area contributed by atoms with Gasteiger partial charge in [0, 0.05) is 43.4 Å². The summed E-state index contributed by atoms with van der Waals surface area (Å²) in [6.45, 7) is 8.68. The molecule has 1 aromatic carbocycles. The summed E-state index contributed by atoms with van der Waals surface area (Å²) in [5, 5.41) is 0. The Morgan fingerprint density at radius 1 is 1.03 bits per heavy atom. The summed E-state index contributed by atoms with van der Waals surface area (Å²) in [4.78, 5) is 24.0. The number of likely N-dealkylation sites (tertiary alicyclic amines) is 2. The van der Waals surface area contributed by atoms with Gasteiger partial charge in [0.15, 0.2) is 0 Å². The van der Waals surface area contributed by atoms with E-state index in [0.717, 1.165) is 69.3 Å². The Morgan fingerprint density at radius 3 is 2.45 bits per heavy atom. The minimum absolute atomic E-state index is 0.0868. The minimum Gasteiger partial charge on any atom is -0.324 e. The third-order valence-electron chi connectivity index (χ3n) is 7.92. The molecule has 2 aromatic rings. The van der Waals surface area contributed by atoms with Gasteiger partial charge in [0.1, 0.15) is 11.6 Å². The van der Waals surface area contributed by atoms with Gasteiger partial charge >= 0.3 is 6.03 Å². The first-order valence-electron chi connectivity index (χ1n) is 11.9. The van der Waals surface area contributed by atoms with E-state index in [2.05, 4.69) is 23.7 Å². The molecule has 0 aliphatic carbocycles. The molecule has 2 saturated heterocycles. The Kier molecular flexibility index (Phi) is 5.63. The number of benzene rings is 1. The molecule has 2 fully saturated rings. The first-order valence-corrected chi connectivity index (χ1v) is 11.9. The van der Waals surface area contributed by atoms with E-state index < -0.39 is 5.82 Å². The van der Waals surface area contributed by atoms with Gasteiger partial charge in [-0.3, -0.25) is 14.8 Å². The first-order chi connectivity index (χ1) is 15.8. The summed E-state index contributed by atoms with van der Waals surface area (Å²) < 4.78 is 27.5. The molecule has 1 aromatic heterocycles. The van der Waals surface area contributed by atoms with Gasteiger partial charge < -0.3 is 4.90 Å². The van der Waals surface area contributed by atoms with Crippen molar-refractivity contribution in [3.05, 3.63) is 59.4 Å². The zero-order valence-electron chi connectivity index (χ0n) is 19.5. The van der Waals surface area contributed by atoms with E-state index in [1.54, 1.807) is 6.20 Å². The summed E-state index contributed by atoms with van der Waals surface area (Å²) in [6, 6.07) is 7.66. The second kappa shape index (κ2) is 8.35. The Bertz CT molecular complexity index is 1040. The van der Waals surface area contributed by atoms with Crippen LogP contribution in [0.25, 0.3) is 0 Å². The van der Waals surface area contributed by atoms with Crippen molar-refractivity contribution in [3.8, 4) is 0 Å². The van der Waals surface area contributed by atoms with Gasteiger partial charge in [-0.15, -0.1) is 0 Å². The molecule has 1 spiro atoms. The van der Waals surface area contributed by atoms with Gasteiger partial charge in [-0.05, 0) is 74.5 Å². The summed E-state index contributed by atoms with van der Waals surface area (Å²) in [7, 11) is 0. The number of rotatable bonds is 2. The lowest BCUT2D eigenvalue weighted by Gasteiger charge is -2.47. The number of fused-ring (bicyclic) bond motifs is 1. The van der Waals surface area contributed by atoms with Crippen LogP contribution in [0.3, 0.4) is 0 Å². The smallest absolute Gasteiger partial charge is 0.324 e. The summed E-state index contributed by atoms with van der Waals surface area (Å²) in [6.07, 6.45) is 5.87. The number of hydrogen-bond acceptors (Lipinski definition) is 3. The van der Waals surface area contributed by atoms with Crippen LogP contribution < -0.4 is 4.90 Å². The van der Waals surface area contributed by atoms with Gasteiger partial charge in [0.25, 0.3) is 0 Å². The Morgan fingerprint density at radius 2 is 1.73 bits per heavy atom. The fourth-order valence-electron chi connectivity index (χ4n) is 5.80. The van der Waals surface area contributed by atoms with Crippen molar-refractivity contribution >= 4 is 11.7 Å². The third kappa shape index (κ3) is 4.23. The number of urea groups is 1. The van der Waals surface area contributed by atoms with E-state index >= 15 is 0 Å². The zero-order valence-corrected chi connectivity index (χ0v) is 19.5. The van der Waals surface area contributed by atoms with E-state index in [1.807, 2.05) is 21.9 Å². The fourth-order valence-corrected chi connectivity index (χ4v) is 5.80. The zero-order chi connectivity index (χ0) is 23.2. The van der Waals surface area contributed by atoms with E-state index in [0.29, 0.717) is 18.7 Å². The highest BCUT2D eigenvalue weighted by atomic mass is 19.1. The van der Waals surface area contributed by atoms with Crippen LogP contribution in [0.1, 0.15) is 50.8 Å². The molecule has 176 valence electrons. The number of carbonyl (C=O) groups excluding carboxylic acids is 1. The SMILES string of the molecule is CC1(C)CN(C(=O)N2CCC3(CCN(Cc4cc(F)ccc4F)CC3)CC2)c2cccnc21. The Labute approximate surface area is 194 Å². The maximum atomic E-state index is 14.0. The van der Waals surface area contributed by atoms with Crippen molar-refractivity contribution in [2.75, 3.05) is 37.6 Å². The quantitative estimate of drug-likeness (QED) is 0.644. The highest BCUT2D eigenvalue weighted by molar-refractivity contribution is 5.94. The molecule has 3 aliphatic rings. The molecule has 0 radical (unpaired) electrons. The minimum atomic E-state index is -0.392. The molecule has 7 heteroatoms. The van der Waals surface area contributed by atoms with Crippen LogP contribution in [0.2, 0.25) is 0 Å². The number of hydrogen-bond donors (Lipinski definition) is 0. The normalized spacial score (nSPS) is 21.9. The fraction of sp³-hybridized carbons (Fsp3) is 0.538. The van der Waals surface area contributed by atoms with Crippen LogP contribution in [0, 0.1) is 17.0 Å². The molecule has 0 atom stereocenters. The number of amides is 2. The highest BCUT2D eigenvalue weighted by Gasteiger charge is 2.43. The van der Waals surface area contributed by atoms with Gasteiger partial charge in [-0.1, -0.05) is 13.8 Å². The Hall–Kier alpha value is -2.54. The molecular formula is C26H32F2N4O. The van der Waals surface area contributed by atoms with Crippen LogP contribution in [0.15, 0.2) is 36.5 Å². The van der Waals surface area contributed by atoms with Crippen molar-refractivity contribution in [2.45, 2.75) is 51.5 Å². The third-order valence-corrected chi connectivity index (χ3v) is 7.92. The molecule has 2 amide bonds. The van der Waals surface area contributed by atoms with Crippen molar-refractivity contribution in [1.82, 2.24) is 14.8 Å². The number of anilines is 1. The first kappa shape index (κ1) is 22.3. The van der Waals surface area contributed by atoms with Crippen LogP contribution in [-0.4, -0.2) is 53.5 Å². The number of pyridine rings is 1. The second-order valence-electron chi connectivity index (χ2n) is 10.6.